The van der Waals surface area contributed by atoms with E-state index in [2.05, 4.69) is 15.3 Å². The monoisotopic (exact) mass is 433 g/mol. The highest BCUT2D eigenvalue weighted by atomic mass is 35.5. The van der Waals surface area contributed by atoms with Crippen molar-refractivity contribution < 1.29 is 13.6 Å². The maximum absolute atomic E-state index is 14.3. The predicted molar refractivity (Wildman–Crippen MR) is 107 cm³/mol. The van der Waals surface area contributed by atoms with E-state index in [4.69, 9.17) is 11.6 Å². The molecule has 1 aliphatic heterocycles. The van der Waals surface area contributed by atoms with Gasteiger partial charge < -0.3 is 10.3 Å². The number of fused-ring (bicyclic) bond motifs is 1. The minimum atomic E-state index is -0.845. The molecule has 0 fully saturated rings. The van der Waals surface area contributed by atoms with Crippen LogP contribution in [0.25, 0.3) is 0 Å². The molecule has 1 amide bonds. The second-order valence-electron chi connectivity index (χ2n) is 6.52. The minimum absolute atomic E-state index is 0.0779. The van der Waals surface area contributed by atoms with Crippen LogP contribution in [0.3, 0.4) is 0 Å². The van der Waals surface area contributed by atoms with Gasteiger partial charge >= 0.3 is 0 Å². The Balaban J connectivity index is 1.67. The standard InChI is InChI=1S/C20H14ClF2N3O2S/c21-11-3-1-2-10(6-11)9-29-20-25-18-17(19(28)26-20)14(8-16(27)24-18)13-5-4-12(22)7-15(13)23/h1-7,14H,8-9H2,(H2,24,25,26,27,28)/t14-/m1/s1. The smallest absolute Gasteiger partial charge is 0.257 e. The largest absolute Gasteiger partial charge is 0.310 e. The van der Waals surface area contributed by atoms with Crippen molar-refractivity contribution >= 4 is 35.1 Å². The van der Waals surface area contributed by atoms with Gasteiger partial charge in [-0.2, -0.15) is 0 Å². The summed E-state index contributed by atoms with van der Waals surface area (Å²) in [4.78, 5) is 31.9. The van der Waals surface area contributed by atoms with E-state index in [1.54, 1.807) is 12.1 Å². The summed E-state index contributed by atoms with van der Waals surface area (Å²) in [6, 6.07) is 10.4. The molecule has 0 radical (unpaired) electrons. The number of carbonyl (C=O) groups excluding carboxylic acids is 1. The van der Waals surface area contributed by atoms with Crippen molar-refractivity contribution in [1.82, 2.24) is 9.97 Å². The number of benzene rings is 2. The minimum Gasteiger partial charge on any atom is -0.310 e. The predicted octanol–water partition coefficient (Wildman–Crippen LogP) is 4.47. The highest BCUT2D eigenvalue weighted by molar-refractivity contribution is 7.98. The lowest BCUT2D eigenvalue weighted by Gasteiger charge is -2.24. The maximum atomic E-state index is 14.3. The van der Waals surface area contributed by atoms with Gasteiger partial charge in [-0.05, 0) is 29.3 Å². The van der Waals surface area contributed by atoms with Crippen LogP contribution in [0.4, 0.5) is 14.6 Å². The number of nitrogens with zero attached hydrogens (tertiary/aromatic N) is 1. The van der Waals surface area contributed by atoms with Crippen molar-refractivity contribution in [3.8, 4) is 0 Å². The third-order valence-corrected chi connectivity index (χ3v) is 5.71. The number of hydrogen-bond acceptors (Lipinski definition) is 4. The van der Waals surface area contributed by atoms with Crippen molar-refractivity contribution in [3.63, 3.8) is 0 Å². The highest BCUT2D eigenvalue weighted by Crippen LogP contribution is 2.36. The number of amides is 1. The Bertz CT molecular complexity index is 1170. The molecule has 0 spiro atoms. The molecule has 1 aromatic heterocycles. The molecule has 3 aromatic rings. The summed E-state index contributed by atoms with van der Waals surface area (Å²) in [5, 5.41) is 3.50. The van der Waals surface area contributed by atoms with Crippen LogP contribution in [0.2, 0.25) is 5.02 Å². The Labute approximate surface area is 173 Å². The fraction of sp³-hybridized carbons (Fsp3) is 0.150. The van der Waals surface area contributed by atoms with Gasteiger partial charge in [0.05, 0.1) is 5.56 Å². The SMILES string of the molecule is O=C1C[C@H](c2ccc(F)cc2F)c2c(nc(SCc3cccc(Cl)c3)[nH]c2=O)N1. The van der Waals surface area contributed by atoms with E-state index in [1.807, 2.05) is 12.1 Å². The van der Waals surface area contributed by atoms with Gasteiger partial charge in [0, 0.05) is 29.2 Å². The summed E-state index contributed by atoms with van der Waals surface area (Å²) >= 11 is 7.25. The number of halogens is 3. The van der Waals surface area contributed by atoms with Gasteiger partial charge in [0.1, 0.15) is 17.5 Å². The first-order valence-electron chi connectivity index (χ1n) is 8.67. The van der Waals surface area contributed by atoms with Crippen LogP contribution < -0.4 is 10.9 Å². The van der Waals surface area contributed by atoms with Crippen LogP contribution in [-0.2, 0) is 10.5 Å². The summed E-state index contributed by atoms with van der Waals surface area (Å²) in [6.07, 6.45) is -0.130. The molecule has 0 saturated carbocycles. The number of thioether (sulfide) groups is 1. The second kappa shape index (κ2) is 7.96. The zero-order valence-electron chi connectivity index (χ0n) is 14.8. The van der Waals surface area contributed by atoms with Crippen molar-refractivity contribution in [2.24, 2.45) is 0 Å². The summed E-state index contributed by atoms with van der Waals surface area (Å²) < 4.78 is 27.5. The van der Waals surface area contributed by atoms with Crippen molar-refractivity contribution in [2.75, 3.05) is 5.32 Å². The molecular formula is C20H14ClF2N3O2S. The van der Waals surface area contributed by atoms with E-state index in [9.17, 15) is 18.4 Å². The van der Waals surface area contributed by atoms with Crippen LogP contribution in [0.1, 0.15) is 29.0 Å². The van der Waals surface area contributed by atoms with E-state index in [-0.39, 0.29) is 23.4 Å². The molecule has 1 atom stereocenters. The molecule has 2 heterocycles. The zero-order chi connectivity index (χ0) is 20.5. The van der Waals surface area contributed by atoms with E-state index < -0.39 is 29.0 Å². The third-order valence-electron chi connectivity index (χ3n) is 4.53. The molecule has 0 bridgehead atoms. The van der Waals surface area contributed by atoms with E-state index in [0.29, 0.717) is 15.9 Å². The molecule has 4 rings (SSSR count). The lowest BCUT2D eigenvalue weighted by atomic mass is 9.86. The number of anilines is 1. The van der Waals surface area contributed by atoms with Crippen LogP contribution in [0.15, 0.2) is 52.4 Å². The molecule has 5 nitrogen and oxygen atoms in total. The van der Waals surface area contributed by atoms with Gasteiger partial charge in [-0.25, -0.2) is 13.8 Å². The highest BCUT2D eigenvalue weighted by Gasteiger charge is 2.32. The quantitative estimate of drug-likeness (QED) is 0.470. The van der Waals surface area contributed by atoms with Gasteiger partial charge in [0.2, 0.25) is 5.91 Å². The summed E-state index contributed by atoms with van der Waals surface area (Å²) in [6.45, 7) is 0. The van der Waals surface area contributed by atoms with Crippen LogP contribution in [-0.4, -0.2) is 15.9 Å². The van der Waals surface area contributed by atoms with Crippen LogP contribution >= 0.6 is 23.4 Å². The van der Waals surface area contributed by atoms with Gasteiger partial charge in [-0.3, -0.25) is 9.59 Å². The van der Waals surface area contributed by atoms with E-state index in [1.165, 1.54) is 17.8 Å². The van der Waals surface area contributed by atoms with Gasteiger partial charge in [-0.15, -0.1) is 0 Å². The Morgan fingerprint density at radius 1 is 1.17 bits per heavy atom. The molecule has 0 aliphatic carbocycles. The first kappa shape index (κ1) is 19.6. The van der Waals surface area contributed by atoms with Gasteiger partial charge in [0.15, 0.2) is 5.16 Å². The van der Waals surface area contributed by atoms with E-state index in [0.717, 1.165) is 17.7 Å². The molecule has 0 unspecified atom stereocenters. The van der Waals surface area contributed by atoms with Crippen LogP contribution in [0.5, 0.6) is 0 Å². The number of aromatic amines is 1. The molecule has 9 heteroatoms. The summed E-state index contributed by atoms with van der Waals surface area (Å²) in [5.74, 6) is -2.18. The Morgan fingerprint density at radius 3 is 2.76 bits per heavy atom. The molecular weight excluding hydrogens is 420 g/mol. The molecule has 0 saturated heterocycles. The Hall–Kier alpha value is -2.71. The first-order chi connectivity index (χ1) is 13.9. The summed E-state index contributed by atoms with van der Waals surface area (Å²) in [5.41, 5.74) is 0.701. The number of aromatic nitrogens is 2. The lowest BCUT2D eigenvalue weighted by Crippen LogP contribution is -2.31. The average molecular weight is 434 g/mol. The molecule has 148 valence electrons. The number of rotatable bonds is 4. The number of nitrogens with one attached hydrogen (secondary N) is 2. The summed E-state index contributed by atoms with van der Waals surface area (Å²) in [7, 11) is 0. The molecule has 29 heavy (non-hydrogen) atoms. The van der Waals surface area contributed by atoms with Gasteiger partial charge in [-0.1, -0.05) is 41.6 Å². The maximum Gasteiger partial charge on any atom is 0.257 e. The number of H-pyrrole nitrogens is 1. The molecule has 1 aliphatic rings. The molecule has 2 aromatic carbocycles. The normalized spacial score (nSPS) is 15.7. The Morgan fingerprint density at radius 2 is 2.00 bits per heavy atom. The second-order valence-corrected chi connectivity index (χ2v) is 7.92. The fourth-order valence-corrected chi connectivity index (χ4v) is 4.26. The van der Waals surface area contributed by atoms with Crippen LogP contribution in [0, 0.1) is 11.6 Å². The fourth-order valence-electron chi connectivity index (χ4n) is 3.25. The van der Waals surface area contributed by atoms with Crippen molar-refractivity contribution in [2.45, 2.75) is 23.2 Å². The molecule has 2 N–H and O–H groups in total. The third kappa shape index (κ3) is 4.18. The average Bonchev–Trinajstić information content (AvgIpc) is 2.65. The lowest BCUT2D eigenvalue weighted by molar-refractivity contribution is -0.116. The Kier molecular flexibility index (Phi) is 5.38. The zero-order valence-corrected chi connectivity index (χ0v) is 16.4. The van der Waals surface area contributed by atoms with Gasteiger partial charge in [0.25, 0.3) is 5.56 Å². The van der Waals surface area contributed by atoms with Crippen molar-refractivity contribution in [3.05, 3.63) is 86.2 Å². The van der Waals surface area contributed by atoms with E-state index >= 15 is 0 Å². The van der Waals surface area contributed by atoms with Crippen molar-refractivity contribution in [1.29, 1.82) is 0 Å². The first-order valence-corrected chi connectivity index (χ1v) is 10.0. The topological polar surface area (TPSA) is 74.8 Å². The number of hydrogen-bond donors (Lipinski definition) is 2. The number of carbonyl (C=O) groups is 1.